The van der Waals surface area contributed by atoms with Crippen LogP contribution in [0.3, 0.4) is 0 Å². The van der Waals surface area contributed by atoms with E-state index in [1.54, 1.807) is 18.3 Å². The van der Waals surface area contributed by atoms with Crippen molar-refractivity contribution in [2.24, 2.45) is 11.0 Å². The molecule has 0 saturated carbocycles. The van der Waals surface area contributed by atoms with Gasteiger partial charge in [0, 0.05) is 51.1 Å². The summed E-state index contributed by atoms with van der Waals surface area (Å²) in [6.45, 7) is 25.5. The molecule has 1 heterocycles. The minimum Gasteiger partial charge on any atom is -0.356 e. The van der Waals surface area contributed by atoms with E-state index in [9.17, 15) is 9.28 Å². The molecule has 0 radical (unpaired) electrons. The van der Waals surface area contributed by atoms with Gasteiger partial charge in [0.2, 0.25) is 5.91 Å². The Bertz CT molecular complexity index is 1100. The minimum atomic E-state index is 0.167. The van der Waals surface area contributed by atoms with Crippen LogP contribution in [0.5, 0.6) is 0 Å². The summed E-state index contributed by atoms with van der Waals surface area (Å²) in [6, 6.07) is 9.49. The molecular formula is C42H73FN6O. The van der Waals surface area contributed by atoms with E-state index in [0.29, 0.717) is 17.2 Å². The Kier molecular flexibility index (Phi) is 33.0. The van der Waals surface area contributed by atoms with Crippen molar-refractivity contribution in [3.8, 4) is 0 Å². The molecule has 0 aliphatic carbocycles. The molecule has 1 unspecified atom stereocenters. The average molecular weight is 697 g/mol. The minimum absolute atomic E-state index is 0.167. The highest BCUT2D eigenvalue weighted by atomic mass is 19.2. The van der Waals surface area contributed by atoms with Gasteiger partial charge in [-0.1, -0.05) is 92.4 Å². The summed E-state index contributed by atoms with van der Waals surface area (Å²) in [7, 11) is 3.34. The van der Waals surface area contributed by atoms with E-state index >= 15 is 0 Å². The molecule has 0 bridgehead atoms. The number of carbonyl (C=O) groups is 1. The molecule has 0 saturated heterocycles. The first-order valence-corrected chi connectivity index (χ1v) is 19.0. The number of carbonyl (C=O) groups excluding carboxylic acids is 1. The average Bonchev–Trinajstić information content (AvgIpc) is 3.16. The number of hydrazone groups is 1. The number of nitrogens with one attached hydrogen (secondary N) is 2. The maximum atomic E-state index is 13.4. The summed E-state index contributed by atoms with van der Waals surface area (Å²) in [5.74, 6) is 0.448. The molecule has 284 valence electrons. The van der Waals surface area contributed by atoms with Gasteiger partial charge >= 0.3 is 0 Å². The number of unbranched alkanes of at least 4 members (excludes halogenated alkanes) is 6. The molecule has 1 atom stereocenters. The first-order chi connectivity index (χ1) is 24.2. The molecule has 2 N–H and O–H groups in total. The zero-order valence-electron chi connectivity index (χ0n) is 33.2. The number of rotatable bonds is 22. The fraction of sp³-hybridized carbons (Fsp3) is 0.595. The lowest BCUT2D eigenvalue weighted by atomic mass is 9.96. The van der Waals surface area contributed by atoms with Crippen LogP contribution in [0.2, 0.25) is 0 Å². The fourth-order valence-electron chi connectivity index (χ4n) is 4.74. The second kappa shape index (κ2) is 34.0. The molecule has 0 aliphatic heterocycles. The highest BCUT2D eigenvalue weighted by Gasteiger charge is 2.14. The maximum absolute atomic E-state index is 13.4. The van der Waals surface area contributed by atoms with Crippen molar-refractivity contribution >= 4 is 17.3 Å². The molecule has 2 aromatic rings. The summed E-state index contributed by atoms with van der Waals surface area (Å²) in [5.41, 5.74) is 5.32. The molecule has 0 spiro atoms. The van der Waals surface area contributed by atoms with E-state index in [4.69, 9.17) is 5.10 Å². The van der Waals surface area contributed by atoms with Gasteiger partial charge in [-0.2, -0.15) is 5.10 Å². The van der Waals surface area contributed by atoms with Gasteiger partial charge in [0.05, 0.1) is 11.4 Å². The molecule has 50 heavy (non-hydrogen) atoms. The Morgan fingerprint density at radius 2 is 1.50 bits per heavy atom. The van der Waals surface area contributed by atoms with Crippen molar-refractivity contribution in [3.63, 3.8) is 0 Å². The number of aryl methyl sites for hydroxylation is 2. The van der Waals surface area contributed by atoms with Crippen LogP contribution in [0, 0.1) is 5.92 Å². The summed E-state index contributed by atoms with van der Waals surface area (Å²) < 4.78 is 13.4. The molecule has 1 aromatic carbocycles. The molecule has 1 aromatic heterocycles. The Morgan fingerprint density at radius 3 is 2.02 bits per heavy atom. The Morgan fingerprint density at radius 1 is 0.900 bits per heavy atom. The normalized spacial score (nSPS) is 11.0. The highest BCUT2D eigenvalue weighted by molar-refractivity contribution is 6.02. The number of nitrogens with zero attached hydrogens (tertiary/aromatic N) is 4. The second-order valence-electron chi connectivity index (χ2n) is 12.2. The van der Waals surface area contributed by atoms with Crippen LogP contribution in [-0.2, 0) is 17.6 Å². The van der Waals surface area contributed by atoms with E-state index < -0.39 is 0 Å². The lowest BCUT2D eigenvalue weighted by Gasteiger charge is -2.20. The third-order valence-electron chi connectivity index (χ3n) is 8.28. The number of halogens is 1. The van der Waals surface area contributed by atoms with Crippen LogP contribution in [0.4, 0.5) is 10.2 Å². The predicted molar refractivity (Wildman–Crippen MR) is 218 cm³/mol. The predicted octanol–water partition coefficient (Wildman–Crippen LogP) is 10.5. The van der Waals surface area contributed by atoms with Gasteiger partial charge in [-0.15, -0.1) is 17.6 Å². The van der Waals surface area contributed by atoms with Crippen LogP contribution in [-0.4, -0.2) is 55.3 Å². The van der Waals surface area contributed by atoms with Crippen LogP contribution >= 0.6 is 0 Å². The number of hydrogen-bond donors (Lipinski definition) is 2. The van der Waals surface area contributed by atoms with Crippen molar-refractivity contribution in [3.05, 3.63) is 85.4 Å². The molecule has 0 aliphatic rings. The molecule has 2 rings (SSSR count). The zero-order chi connectivity index (χ0) is 38.0. The van der Waals surface area contributed by atoms with Crippen LogP contribution in [0.25, 0.3) is 0 Å². The number of pyridine rings is 1. The van der Waals surface area contributed by atoms with Crippen LogP contribution in [0.1, 0.15) is 129 Å². The smallest absolute Gasteiger partial charge is 0.219 e. The number of amides is 1. The highest BCUT2D eigenvalue weighted by Crippen LogP contribution is 2.19. The third-order valence-corrected chi connectivity index (χ3v) is 8.28. The van der Waals surface area contributed by atoms with Crippen LogP contribution < -0.4 is 15.8 Å². The van der Waals surface area contributed by atoms with Crippen molar-refractivity contribution in [2.75, 3.05) is 38.9 Å². The first kappa shape index (κ1) is 48.6. The van der Waals surface area contributed by atoms with Gasteiger partial charge in [0.1, 0.15) is 0 Å². The Labute approximate surface area is 306 Å². The van der Waals surface area contributed by atoms with Gasteiger partial charge < -0.3 is 10.6 Å². The summed E-state index contributed by atoms with van der Waals surface area (Å²) in [4.78, 5) is 15.9. The van der Waals surface area contributed by atoms with Gasteiger partial charge in [-0.05, 0) is 93.4 Å². The molecule has 8 heteroatoms. The number of benzene rings is 1. The van der Waals surface area contributed by atoms with E-state index in [1.165, 1.54) is 31.0 Å². The first-order valence-electron chi connectivity index (χ1n) is 19.0. The van der Waals surface area contributed by atoms with Crippen molar-refractivity contribution in [1.29, 1.82) is 0 Å². The second-order valence-corrected chi connectivity index (χ2v) is 12.2. The molecule has 7 nitrogen and oxygen atoms in total. The van der Waals surface area contributed by atoms with Gasteiger partial charge in [-0.3, -0.25) is 14.8 Å². The topological polar surface area (TPSA) is 72.9 Å². The lowest BCUT2D eigenvalue weighted by molar-refractivity contribution is -0.121. The van der Waals surface area contributed by atoms with E-state index in [2.05, 4.69) is 83.0 Å². The quantitative estimate of drug-likeness (QED) is 0.0421. The Balaban J connectivity index is 0. The van der Waals surface area contributed by atoms with E-state index in [0.717, 1.165) is 95.1 Å². The maximum Gasteiger partial charge on any atom is 0.219 e. The van der Waals surface area contributed by atoms with Crippen molar-refractivity contribution in [2.45, 2.75) is 125 Å². The molecule has 1 amide bonds. The van der Waals surface area contributed by atoms with Gasteiger partial charge in [0.15, 0.2) is 0 Å². The fourth-order valence-corrected chi connectivity index (χ4v) is 4.74. The summed E-state index contributed by atoms with van der Waals surface area (Å²) in [6.07, 6.45) is 19.4. The number of hydrogen-bond acceptors (Lipinski definition) is 6. The van der Waals surface area contributed by atoms with E-state index in [-0.39, 0.29) is 11.8 Å². The van der Waals surface area contributed by atoms with E-state index in [1.807, 2.05) is 36.6 Å². The van der Waals surface area contributed by atoms with Gasteiger partial charge in [0.25, 0.3) is 0 Å². The lowest BCUT2D eigenvalue weighted by Crippen LogP contribution is -2.24. The van der Waals surface area contributed by atoms with Crippen molar-refractivity contribution in [1.82, 2.24) is 20.6 Å². The van der Waals surface area contributed by atoms with Crippen LogP contribution in [0.15, 0.2) is 73.8 Å². The zero-order valence-corrected chi connectivity index (χ0v) is 33.2. The Hall–Kier alpha value is -3.52. The largest absolute Gasteiger partial charge is 0.356 e. The SMILES string of the molecule is C=C.C=CN(CCCCCCNC(=O)CCCCCNC)/N=C(/c1ccc(N(C)F)cc1)C(C)CC.CCCC.CCc1ccncc1CC. The number of anilines is 1. The van der Waals surface area contributed by atoms with Crippen molar-refractivity contribution < 1.29 is 9.28 Å². The van der Waals surface area contributed by atoms with Gasteiger partial charge in [-0.25, -0.2) is 5.12 Å². The standard InChI is InChI=1S/C27H46FN5O.C9H13N.C4H10.C2H4/c1-6-23(3)27(24-16-18-25(19-17-24)32(5)28)31-33(7-2)22-14-9-8-13-21-30-26(34)15-11-10-12-20-29-4;1-3-8-5-6-10-7-9(8)4-2;1-3-4-2;1-2/h7,16-19,23,29H,2,6,8-15,20-22H2,1,3-5H3,(H,30,34);5-7H,3-4H2,1-2H3;3-4H2,1-2H3;1-2H2/b31-27+;;;. The summed E-state index contributed by atoms with van der Waals surface area (Å²) in [5, 5.41) is 13.6. The monoisotopic (exact) mass is 697 g/mol. The summed E-state index contributed by atoms with van der Waals surface area (Å²) >= 11 is 0. The third kappa shape index (κ3) is 23.8. The molecule has 0 fully saturated rings. The number of aromatic nitrogens is 1. The molecular weight excluding hydrogens is 624 g/mol.